The molecule has 0 aliphatic rings. The molecule has 0 atom stereocenters. The highest BCUT2D eigenvalue weighted by Gasteiger charge is 2.11. The van der Waals surface area contributed by atoms with Gasteiger partial charge < -0.3 is 14.8 Å². The van der Waals surface area contributed by atoms with Crippen molar-refractivity contribution in [3.05, 3.63) is 59.2 Å². The Balaban J connectivity index is 1.84. The standard InChI is InChI=1S/C19H21N3O4/c1-13-4-6-14(7-5-13)11-21-22-18(23)12-20-19(24)15-8-9-16(25-2)17(10-15)26-3/h4-11H,12H2,1-3H3,(H,20,24)(H,22,23)/b21-11-. The first kappa shape index (κ1) is 19.0. The number of hydrogen-bond acceptors (Lipinski definition) is 5. The molecule has 7 nitrogen and oxygen atoms in total. The minimum atomic E-state index is -0.429. The lowest BCUT2D eigenvalue weighted by Gasteiger charge is -2.09. The minimum absolute atomic E-state index is 0.196. The Morgan fingerprint density at radius 2 is 1.73 bits per heavy atom. The van der Waals surface area contributed by atoms with Crippen LogP contribution >= 0.6 is 0 Å². The molecule has 0 spiro atoms. The number of carbonyl (C=O) groups excluding carboxylic acids is 2. The Kier molecular flexibility index (Phi) is 6.73. The molecule has 2 rings (SSSR count). The van der Waals surface area contributed by atoms with Gasteiger partial charge in [-0.2, -0.15) is 5.10 Å². The Hall–Kier alpha value is -3.35. The second kappa shape index (κ2) is 9.22. The van der Waals surface area contributed by atoms with E-state index in [1.165, 1.54) is 20.4 Å². The van der Waals surface area contributed by atoms with Crippen LogP contribution in [0.1, 0.15) is 21.5 Å². The van der Waals surface area contributed by atoms with Crippen LogP contribution in [0, 0.1) is 6.92 Å². The number of methoxy groups -OCH3 is 2. The zero-order valence-electron chi connectivity index (χ0n) is 14.9. The summed E-state index contributed by atoms with van der Waals surface area (Å²) in [6, 6.07) is 12.4. The Bertz CT molecular complexity index is 801. The normalized spacial score (nSPS) is 10.4. The SMILES string of the molecule is COc1ccc(C(=O)NCC(=O)N/N=C\c2ccc(C)cc2)cc1OC. The second-order valence-corrected chi connectivity index (χ2v) is 5.46. The highest BCUT2D eigenvalue weighted by molar-refractivity contribution is 5.97. The highest BCUT2D eigenvalue weighted by atomic mass is 16.5. The van der Waals surface area contributed by atoms with Crippen LogP contribution in [-0.4, -0.2) is 38.8 Å². The van der Waals surface area contributed by atoms with E-state index in [4.69, 9.17) is 9.47 Å². The van der Waals surface area contributed by atoms with E-state index < -0.39 is 11.8 Å². The van der Waals surface area contributed by atoms with Crippen LogP contribution in [-0.2, 0) is 4.79 Å². The first-order valence-electron chi connectivity index (χ1n) is 7.92. The van der Waals surface area contributed by atoms with Crippen LogP contribution in [0.15, 0.2) is 47.6 Å². The molecule has 2 aromatic rings. The lowest BCUT2D eigenvalue weighted by Crippen LogP contribution is -2.34. The minimum Gasteiger partial charge on any atom is -0.493 e. The van der Waals surface area contributed by atoms with E-state index in [9.17, 15) is 9.59 Å². The maximum Gasteiger partial charge on any atom is 0.259 e. The maximum atomic E-state index is 12.1. The van der Waals surface area contributed by atoms with Gasteiger partial charge in [0.25, 0.3) is 11.8 Å². The van der Waals surface area contributed by atoms with Crippen molar-refractivity contribution >= 4 is 18.0 Å². The van der Waals surface area contributed by atoms with Gasteiger partial charge in [0.2, 0.25) is 0 Å². The van der Waals surface area contributed by atoms with Gasteiger partial charge in [-0.15, -0.1) is 0 Å². The zero-order valence-corrected chi connectivity index (χ0v) is 14.9. The molecule has 26 heavy (non-hydrogen) atoms. The Morgan fingerprint density at radius 1 is 1.04 bits per heavy atom. The Labute approximate surface area is 152 Å². The topological polar surface area (TPSA) is 89.0 Å². The van der Waals surface area contributed by atoms with Crippen LogP contribution in [0.25, 0.3) is 0 Å². The third-order valence-corrected chi connectivity index (χ3v) is 3.54. The van der Waals surface area contributed by atoms with Crippen molar-refractivity contribution in [3.63, 3.8) is 0 Å². The van der Waals surface area contributed by atoms with Gasteiger partial charge in [0.15, 0.2) is 11.5 Å². The fraction of sp³-hybridized carbons (Fsp3) is 0.211. The van der Waals surface area contributed by atoms with Gasteiger partial charge in [-0.05, 0) is 30.7 Å². The van der Waals surface area contributed by atoms with E-state index in [-0.39, 0.29) is 6.54 Å². The summed E-state index contributed by atoms with van der Waals surface area (Å²) in [5.74, 6) is 0.130. The van der Waals surface area contributed by atoms with E-state index in [0.29, 0.717) is 17.1 Å². The molecule has 2 aromatic carbocycles. The number of hydrogen-bond donors (Lipinski definition) is 2. The number of benzene rings is 2. The van der Waals surface area contributed by atoms with E-state index in [1.54, 1.807) is 18.2 Å². The maximum absolute atomic E-state index is 12.1. The van der Waals surface area contributed by atoms with Gasteiger partial charge in [-0.1, -0.05) is 29.8 Å². The quantitative estimate of drug-likeness (QED) is 0.586. The number of hydrazone groups is 1. The number of rotatable bonds is 7. The monoisotopic (exact) mass is 355 g/mol. The number of nitrogens with zero attached hydrogens (tertiary/aromatic N) is 1. The summed E-state index contributed by atoms with van der Waals surface area (Å²) >= 11 is 0. The molecule has 0 saturated heterocycles. The van der Waals surface area contributed by atoms with E-state index in [2.05, 4.69) is 15.8 Å². The molecule has 2 amide bonds. The van der Waals surface area contributed by atoms with Crippen molar-refractivity contribution in [2.75, 3.05) is 20.8 Å². The van der Waals surface area contributed by atoms with Crippen LogP contribution in [0.3, 0.4) is 0 Å². The van der Waals surface area contributed by atoms with E-state index in [0.717, 1.165) is 11.1 Å². The molecular weight excluding hydrogens is 334 g/mol. The summed E-state index contributed by atoms with van der Waals surface area (Å²) < 4.78 is 10.3. The first-order chi connectivity index (χ1) is 12.5. The van der Waals surface area contributed by atoms with Crippen LogP contribution in [0.5, 0.6) is 11.5 Å². The molecule has 0 fully saturated rings. The van der Waals surface area contributed by atoms with Crippen molar-refractivity contribution in [1.82, 2.24) is 10.7 Å². The Morgan fingerprint density at radius 3 is 2.38 bits per heavy atom. The number of aryl methyl sites for hydroxylation is 1. The first-order valence-corrected chi connectivity index (χ1v) is 7.92. The summed E-state index contributed by atoms with van der Waals surface area (Å²) in [5.41, 5.74) is 4.73. The molecule has 0 unspecified atom stereocenters. The number of ether oxygens (including phenoxy) is 2. The number of amides is 2. The molecule has 0 radical (unpaired) electrons. The third-order valence-electron chi connectivity index (χ3n) is 3.54. The third kappa shape index (κ3) is 5.34. The average Bonchev–Trinajstić information content (AvgIpc) is 2.67. The molecule has 0 saturated carbocycles. The van der Waals surface area contributed by atoms with Crippen molar-refractivity contribution in [1.29, 1.82) is 0 Å². The van der Waals surface area contributed by atoms with Crippen molar-refractivity contribution < 1.29 is 19.1 Å². The molecule has 7 heteroatoms. The molecule has 0 aliphatic carbocycles. The second-order valence-electron chi connectivity index (χ2n) is 5.46. The molecule has 2 N–H and O–H groups in total. The van der Waals surface area contributed by atoms with Gasteiger partial charge in [-0.25, -0.2) is 5.43 Å². The number of nitrogens with one attached hydrogen (secondary N) is 2. The zero-order chi connectivity index (χ0) is 18.9. The molecule has 136 valence electrons. The van der Waals surface area contributed by atoms with Gasteiger partial charge >= 0.3 is 0 Å². The van der Waals surface area contributed by atoms with Gasteiger partial charge in [0.05, 0.1) is 27.0 Å². The summed E-state index contributed by atoms with van der Waals surface area (Å²) in [5, 5.41) is 6.38. The highest BCUT2D eigenvalue weighted by Crippen LogP contribution is 2.27. The fourth-order valence-electron chi connectivity index (χ4n) is 2.11. The fourth-order valence-corrected chi connectivity index (χ4v) is 2.11. The van der Waals surface area contributed by atoms with E-state index in [1.807, 2.05) is 31.2 Å². The molecular formula is C19H21N3O4. The van der Waals surface area contributed by atoms with Crippen LogP contribution < -0.4 is 20.2 Å². The average molecular weight is 355 g/mol. The molecule has 0 aliphatic heterocycles. The summed E-state index contributed by atoms with van der Waals surface area (Å²) in [4.78, 5) is 23.9. The van der Waals surface area contributed by atoms with E-state index >= 15 is 0 Å². The lowest BCUT2D eigenvalue weighted by atomic mass is 10.2. The van der Waals surface area contributed by atoms with Crippen molar-refractivity contribution in [3.8, 4) is 11.5 Å². The predicted octanol–water partition coefficient (Wildman–Crippen LogP) is 1.89. The number of carbonyl (C=O) groups is 2. The predicted molar refractivity (Wildman–Crippen MR) is 98.8 cm³/mol. The van der Waals surface area contributed by atoms with Gasteiger partial charge in [-0.3, -0.25) is 9.59 Å². The van der Waals surface area contributed by atoms with Gasteiger partial charge in [0.1, 0.15) is 0 Å². The smallest absolute Gasteiger partial charge is 0.259 e. The lowest BCUT2D eigenvalue weighted by molar-refractivity contribution is -0.120. The van der Waals surface area contributed by atoms with Crippen molar-refractivity contribution in [2.24, 2.45) is 5.10 Å². The van der Waals surface area contributed by atoms with Crippen LogP contribution in [0.2, 0.25) is 0 Å². The van der Waals surface area contributed by atoms with Gasteiger partial charge in [0, 0.05) is 5.56 Å². The largest absolute Gasteiger partial charge is 0.493 e. The molecule has 0 bridgehead atoms. The summed E-state index contributed by atoms with van der Waals surface area (Å²) in [6.07, 6.45) is 1.54. The van der Waals surface area contributed by atoms with Crippen LogP contribution in [0.4, 0.5) is 0 Å². The summed E-state index contributed by atoms with van der Waals surface area (Å²) in [7, 11) is 3.00. The molecule has 0 heterocycles. The van der Waals surface area contributed by atoms with Crippen molar-refractivity contribution in [2.45, 2.75) is 6.92 Å². The summed E-state index contributed by atoms with van der Waals surface area (Å²) in [6.45, 7) is 1.79. The molecule has 0 aromatic heterocycles.